The Hall–Kier alpha value is -1.62. The van der Waals surface area contributed by atoms with Gasteiger partial charge in [-0.3, -0.25) is 4.79 Å². The Morgan fingerprint density at radius 3 is 2.53 bits per heavy atom. The van der Waals surface area contributed by atoms with Gasteiger partial charge in [-0.2, -0.15) is 0 Å². The first kappa shape index (κ1) is 11.9. The molecular weight excluding hydrogens is 286 g/mol. The number of carbonyl (C=O) groups is 2. The van der Waals surface area contributed by atoms with E-state index >= 15 is 0 Å². The largest absolute Gasteiger partial charge is 0.477 e. The lowest BCUT2D eigenvalue weighted by Crippen LogP contribution is -2.09. The highest BCUT2D eigenvalue weighted by molar-refractivity contribution is 9.10. The van der Waals surface area contributed by atoms with E-state index in [9.17, 15) is 14.7 Å². The fraction of sp³-hybridized carbons (Fsp3) is 0.167. The average molecular weight is 296 g/mol. The summed E-state index contributed by atoms with van der Waals surface area (Å²) in [5.41, 5.74) is 1.03. The fourth-order valence-corrected chi connectivity index (χ4v) is 2.38. The molecule has 0 aliphatic rings. The molecule has 1 aromatic heterocycles. The molecule has 1 heterocycles. The van der Waals surface area contributed by atoms with Crippen molar-refractivity contribution in [2.75, 3.05) is 0 Å². The lowest BCUT2D eigenvalue weighted by molar-refractivity contribution is 0.0682. The number of carboxylic acid groups (broad SMARTS) is 1. The van der Waals surface area contributed by atoms with Crippen LogP contribution in [0, 0.1) is 0 Å². The van der Waals surface area contributed by atoms with Gasteiger partial charge < -0.3 is 9.67 Å². The molecule has 0 spiro atoms. The molecule has 0 saturated heterocycles. The molecule has 0 aliphatic heterocycles. The molecule has 0 aliphatic carbocycles. The van der Waals surface area contributed by atoms with Crippen LogP contribution in [-0.4, -0.2) is 21.4 Å². The van der Waals surface area contributed by atoms with Gasteiger partial charge in [0.15, 0.2) is 5.78 Å². The summed E-state index contributed by atoms with van der Waals surface area (Å²) in [6.45, 7) is 1.38. The van der Waals surface area contributed by atoms with Gasteiger partial charge in [-0.05, 0) is 25.1 Å². The minimum absolute atomic E-state index is 0.0330. The smallest absolute Gasteiger partial charge is 0.353 e. The van der Waals surface area contributed by atoms with E-state index in [1.165, 1.54) is 11.5 Å². The molecule has 0 bridgehead atoms. The quantitative estimate of drug-likeness (QED) is 0.867. The van der Waals surface area contributed by atoms with Crippen LogP contribution in [0.15, 0.2) is 22.7 Å². The standard InChI is InChI=1S/C12H10BrNO3/c1-6(15)10-8-5-7(13)3-4-9(8)14(2)11(10)12(16)17/h3-5H,1-2H3,(H,16,17). The van der Waals surface area contributed by atoms with Crippen LogP contribution in [0.4, 0.5) is 0 Å². The second-order valence-electron chi connectivity index (χ2n) is 3.81. The molecule has 1 N–H and O–H groups in total. The molecular formula is C12H10BrNO3. The van der Waals surface area contributed by atoms with Crippen LogP contribution < -0.4 is 0 Å². The highest BCUT2D eigenvalue weighted by Crippen LogP contribution is 2.28. The Bertz CT molecular complexity index is 643. The van der Waals surface area contributed by atoms with E-state index in [2.05, 4.69) is 15.9 Å². The van der Waals surface area contributed by atoms with Gasteiger partial charge in [0, 0.05) is 22.4 Å². The maximum absolute atomic E-state index is 11.6. The SMILES string of the molecule is CC(=O)c1c(C(=O)O)n(C)c2ccc(Br)cc12. The van der Waals surface area contributed by atoms with Crippen molar-refractivity contribution < 1.29 is 14.7 Å². The van der Waals surface area contributed by atoms with Gasteiger partial charge in [-0.1, -0.05) is 15.9 Å². The Balaban J connectivity index is 2.99. The number of aromatic carboxylic acids is 1. The molecule has 0 atom stereocenters. The molecule has 2 aromatic rings. The molecule has 0 radical (unpaired) electrons. The van der Waals surface area contributed by atoms with Gasteiger partial charge in [0.05, 0.1) is 5.56 Å². The predicted molar refractivity (Wildman–Crippen MR) is 67.6 cm³/mol. The third-order valence-electron chi connectivity index (χ3n) is 2.72. The third kappa shape index (κ3) is 1.76. The molecule has 4 nitrogen and oxygen atoms in total. The zero-order valence-corrected chi connectivity index (χ0v) is 10.9. The van der Waals surface area contributed by atoms with Crippen molar-refractivity contribution in [3.63, 3.8) is 0 Å². The molecule has 1 aromatic carbocycles. The van der Waals surface area contributed by atoms with Crippen LogP contribution in [0.3, 0.4) is 0 Å². The minimum atomic E-state index is -1.09. The van der Waals surface area contributed by atoms with Crippen molar-refractivity contribution in [3.05, 3.63) is 33.9 Å². The predicted octanol–water partition coefficient (Wildman–Crippen LogP) is 2.84. The van der Waals surface area contributed by atoms with Gasteiger partial charge in [0.1, 0.15) is 5.69 Å². The van der Waals surface area contributed by atoms with Gasteiger partial charge in [-0.15, -0.1) is 0 Å². The average Bonchev–Trinajstić information content (AvgIpc) is 2.51. The highest BCUT2D eigenvalue weighted by atomic mass is 79.9. The number of halogens is 1. The zero-order chi connectivity index (χ0) is 12.7. The van der Waals surface area contributed by atoms with Crippen molar-refractivity contribution in [1.82, 2.24) is 4.57 Å². The summed E-state index contributed by atoms with van der Waals surface area (Å²) in [7, 11) is 1.64. The highest BCUT2D eigenvalue weighted by Gasteiger charge is 2.23. The molecule has 5 heteroatoms. The van der Waals surface area contributed by atoms with E-state index < -0.39 is 5.97 Å². The van der Waals surface area contributed by atoms with Gasteiger partial charge in [0.2, 0.25) is 0 Å². The number of rotatable bonds is 2. The summed E-state index contributed by atoms with van der Waals surface area (Å²) in [6, 6.07) is 5.37. The number of benzene rings is 1. The van der Waals surface area contributed by atoms with Crippen LogP contribution in [0.1, 0.15) is 27.8 Å². The first-order chi connectivity index (χ1) is 7.93. The molecule has 88 valence electrons. The maximum atomic E-state index is 11.6. The number of hydrogen-bond acceptors (Lipinski definition) is 2. The van der Waals surface area contributed by atoms with E-state index in [1.807, 2.05) is 6.07 Å². The second kappa shape index (κ2) is 4.00. The lowest BCUT2D eigenvalue weighted by atomic mass is 10.1. The number of ketones is 1. The lowest BCUT2D eigenvalue weighted by Gasteiger charge is -1.99. The molecule has 17 heavy (non-hydrogen) atoms. The van der Waals surface area contributed by atoms with Crippen LogP contribution in [-0.2, 0) is 7.05 Å². The number of aryl methyl sites for hydroxylation is 1. The monoisotopic (exact) mass is 295 g/mol. The Kier molecular flexibility index (Phi) is 2.79. The number of Topliss-reactive ketones (excluding diaryl/α,β-unsaturated/α-hetero) is 1. The molecule has 2 rings (SSSR count). The van der Waals surface area contributed by atoms with Crippen LogP contribution in [0.5, 0.6) is 0 Å². The number of carboxylic acids is 1. The normalized spacial score (nSPS) is 10.8. The van der Waals surface area contributed by atoms with Crippen LogP contribution >= 0.6 is 15.9 Å². The van der Waals surface area contributed by atoms with Crippen LogP contribution in [0.25, 0.3) is 10.9 Å². The summed E-state index contributed by atoms with van der Waals surface area (Å²) in [5.74, 6) is -1.34. The minimum Gasteiger partial charge on any atom is -0.477 e. The van der Waals surface area contributed by atoms with Crippen molar-refractivity contribution in [2.45, 2.75) is 6.92 Å². The Morgan fingerprint density at radius 2 is 2.00 bits per heavy atom. The number of fused-ring (bicyclic) bond motifs is 1. The molecule has 0 unspecified atom stereocenters. The van der Waals surface area contributed by atoms with Gasteiger partial charge in [0.25, 0.3) is 0 Å². The molecule has 0 saturated carbocycles. The first-order valence-electron chi connectivity index (χ1n) is 4.95. The summed E-state index contributed by atoms with van der Waals surface area (Å²) in [6.07, 6.45) is 0. The van der Waals surface area contributed by atoms with Crippen LogP contribution in [0.2, 0.25) is 0 Å². The van der Waals surface area contributed by atoms with Crippen molar-refractivity contribution >= 4 is 38.6 Å². The van der Waals surface area contributed by atoms with Crippen molar-refractivity contribution in [1.29, 1.82) is 0 Å². The third-order valence-corrected chi connectivity index (χ3v) is 3.21. The number of aromatic nitrogens is 1. The summed E-state index contributed by atoms with van der Waals surface area (Å²) in [5, 5.41) is 9.84. The topological polar surface area (TPSA) is 59.3 Å². The second-order valence-corrected chi connectivity index (χ2v) is 4.72. The Morgan fingerprint density at radius 1 is 1.35 bits per heavy atom. The number of hydrogen-bond donors (Lipinski definition) is 1. The maximum Gasteiger partial charge on any atom is 0.353 e. The Labute approximate surface area is 106 Å². The summed E-state index contributed by atoms with van der Waals surface area (Å²) >= 11 is 3.32. The van der Waals surface area contributed by atoms with E-state index in [4.69, 9.17) is 0 Å². The summed E-state index contributed by atoms with van der Waals surface area (Å²) < 4.78 is 2.34. The van der Waals surface area contributed by atoms with E-state index in [-0.39, 0.29) is 17.0 Å². The summed E-state index contributed by atoms with van der Waals surface area (Å²) in [4.78, 5) is 22.8. The van der Waals surface area contributed by atoms with Gasteiger partial charge in [-0.25, -0.2) is 4.79 Å². The van der Waals surface area contributed by atoms with E-state index in [0.29, 0.717) is 5.39 Å². The van der Waals surface area contributed by atoms with E-state index in [1.54, 1.807) is 19.2 Å². The molecule has 0 amide bonds. The number of carbonyl (C=O) groups excluding carboxylic acids is 1. The first-order valence-corrected chi connectivity index (χ1v) is 5.75. The number of nitrogens with zero attached hydrogens (tertiary/aromatic N) is 1. The zero-order valence-electron chi connectivity index (χ0n) is 9.32. The van der Waals surface area contributed by atoms with Crippen molar-refractivity contribution in [3.8, 4) is 0 Å². The van der Waals surface area contributed by atoms with Gasteiger partial charge >= 0.3 is 5.97 Å². The molecule has 0 fully saturated rings. The van der Waals surface area contributed by atoms with E-state index in [0.717, 1.165) is 9.99 Å². The van der Waals surface area contributed by atoms with Crippen molar-refractivity contribution in [2.24, 2.45) is 7.05 Å². The fourth-order valence-electron chi connectivity index (χ4n) is 2.02.